The SMILES string of the molecule is COC1C(O)C(C)(C)C2(O)C(OC(C)=O)CC34CC(C)(O)C(CCC3C(C)(O)C12)C4O. The predicted octanol–water partition coefficient (Wildman–Crippen LogP) is 0.364. The molecule has 0 aromatic heterocycles. The highest BCUT2D eigenvalue weighted by atomic mass is 16.6. The van der Waals surface area contributed by atoms with Gasteiger partial charge in [-0.15, -0.1) is 0 Å². The molecule has 0 aliphatic heterocycles. The number of carbonyl (C=O) groups is 1. The summed E-state index contributed by atoms with van der Waals surface area (Å²) in [6.45, 7) is 7.97. The Kier molecular flexibility index (Phi) is 5.01. The van der Waals surface area contributed by atoms with Gasteiger partial charge >= 0.3 is 5.97 Å². The van der Waals surface area contributed by atoms with E-state index in [0.29, 0.717) is 12.8 Å². The lowest BCUT2D eigenvalue weighted by Crippen LogP contribution is -2.62. The number of hydrogen-bond acceptors (Lipinski definition) is 8. The summed E-state index contributed by atoms with van der Waals surface area (Å²) in [6.07, 6.45) is -2.64. The lowest BCUT2D eigenvalue weighted by molar-refractivity contribution is -0.219. The monoisotopic (exact) mass is 442 g/mol. The van der Waals surface area contributed by atoms with Gasteiger partial charge < -0.3 is 35.0 Å². The second-order valence-corrected chi connectivity index (χ2v) is 11.6. The van der Waals surface area contributed by atoms with Gasteiger partial charge in [0.25, 0.3) is 0 Å². The van der Waals surface area contributed by atoms with Crippen molar-refractivity contribution in [1.82, 2.24) is 0 Å². The van der Waals surface area contributed by atoms with E-state index in [2.05, 4.69) is 0 Å². The Bertz CT molecular complexity index is 763. The van der Waals surface area contributed by atoms with E-state index in [-0.39, 0.29) is 18.8 Å². The number of hydrogen-bond donors (Lipinski definition) is 5. The molecule has 2 bridgehead atoms. The number of esters is 1. The Morgan fingerprint density at radius 3 is 2.16 bits per heavy atom. The zero-order valence-corrected chi connectivity index (χ0v) is 19.3. The highest BCUT2D eigenvalue weighted by molar-refractivity contribution is 5.66. The standard InChI is InChI=1S/C23H38O8/c1-11(24)31-14-9-22-10-20(4,27)12(17(22)25)7-8-13(22)21(5,28)16-15(30-6)18(26)19(2,3)23(14,16)29/h12-18,25-29H,7-10H2,1-6H3. The first-order valence-electron chi connectivity index (χ1n) is 11.3. The van der Waals surface area contributed by atoms with Crippen LogP contribution in [0.15, 0.2) is 0 Å². The van der Waals surface area contributed by atoms with Crippen LogP contribution < -0.4 is 0 Å². The van der Waals surface area contributed by atoms with Gasteiger partial charge in [0.15, 0.2) is 0 Å². The Balaban J connectivity index is 1.97. The number of carbonyl (C=O) groups excluding carboxylic acids is 1. The van der Waals surface area contributed by atoms with Crippen molar-refractivity contribution in [3.63, 3.8) is 0 Å². The average Bonchev–Trinajstić information content (AvgIpc) is 2.82. The van der Waals surface area contributed by atoms with Crippen LogP contribution in [0.3, 0.4) is 0 Å². The van der Waals surface area contributed by atoms with Gasteiger partial charge in [0.1, 0.15) is 11.7 Å². The molecular weight excluding hydrogens is 404 g/mol. The minimum absolute atomic E-state index is 0.0841. The van der Waals surface area contributed by atoms with Gasteiger partial charge in [0.05, 0.1) is 29.5 Å². The highest BCUT2D eigenvalue weighted by Crippen LogP contribution is 2.70. The molecular formula is C23H38O8. The molecule has 8 nitrogen and oxygen atoms in total. The molecule has 31 heavy (non-hydrogen) atoms. The van der Waals surface area contributed by atoms with E-state index in [9.17, 15) is 30.3 Å². The largest absolute Gasteiger partial charge is 0.459 e. The van der Waals surface area contributed by atoms with Gasteiger partial charge in [-0.2, -0.15) is 0 Å². The van der Waals surface area contributed by atoms with Gasteiger partial charge in [-0.25, -0.2) is 0 Å². The van der Waals surface area contributed by atoms with Crippen LogP contribution in [-0.4, -0.2) is 79.8 Å². The molecule has 0 saturated heterocycles. The van der Waals surface area contributed by atoms with Crippen molar-refractivity contribution in [3.05, 3.63) is 0 Å². The first kappa shape index (κ1) is 23.4. The van der Waals surface area contributed by atoms with Crippen molar-refractivity contribution in [3.8, 4) is 0 Å². The molecule has 4 rings (SSSR count). The predicted molar refractivity (Wildman–Crippen MR) is 110 cm³/mol. The molecule has 0 heterocycles. The summed E-state index contributed by atoms with van der Waals surface area (Å²) in [5.74, 6) is -2.42. The lowest BCUT2D eigenvalue weighted by atomic mass is 9.57. The molecule has 178 valence electrons. The minimum atomic E-state index is -1.82. The molecule has 4 saturated carbocycles. The number of rotatable bonds is 2. The number of ether oxygens (including phenoxy) is 2. The fraction of sp³-hybridized carbons (Fsp3) is 0.957. The molecule has 1 spiro atoms. The third-order valence-electron chi connectivity index (χ3n) is 9.77. The normalized spacial score (nSPS) is 57.7. The summed E-state index contributed by atoms with van der Waals surface area (Å²) in [5.41, 5.74) is -6.65. The zero-order chi connectivity index (χ0) is 23.4. The number of aliphatic hydroxyl groups is 5. The van der Waals surface area contributed by atoms with Gasteiger partial charge in [-0.05, 0) is 45.4 Å². The van der Waals surface area contributed by atoms with Crippen molar-refractivity contribution in [2.75, 3.05) is 7.11 Å². The zero-order valence-electron chi connectivity index (χ0n) is 19.3. The third-order valence-corrected chi connectivity index (χ3v) is 9.77. The molecule has 11 atom stereocenters. The fourth-order valence-corrected chi connectivity index (χ4v) is 8.47. The topological polar surface area (TPSA) is 137 Å². The quantitative estimate of drug-likeness (QED) is 0.387. The number of methoxy groups -OCH3 is 1. The van der Waals surface area contributed by atoms with Crippen LogP contribution in [0.1, 0.15) is 60.3 Å². The minimum Gasteiger partial charge on any atom is -0.459 e. The van der Waals surface area contributed by atoms with Crippen molar-refractivity contribution >= 4 is 5.97 Å². The molecule has 4 fully saturated rings. The van der Waals surface area contributed by atoms with Gasteiger partial charge in [-0.3, -0.25) is 4.79 Å². The van der Waals surface area contributed by atoms with Crippen LogP contribution in [0, 0.1) is 28.6 Å². The molecule has 5 N–H and O–H groups in total. The average molecular weight is 443 g/mol. The van der Waals surface area contributed by atoms with Crippen LogP contribution in [0.2, 0.25) is 0 Å². The molecule has 0 amide bonds. The Hall–Kier alpha value is -0.770. The van der Waals surface area contributed by atoms with E-state index in [1.54, 1.807) is 27.7 Å². The number of fused-ring (bicyclic) bond motifs is 2. The molecule has 0 radical (unpaired) electrons. The molecule has 4 aliphatic rings. The summed E-state index contributed by atoms with van der Waals surface area (Å²) >= 11 is 0. The maximum atomic E-state index is 12.3. The van der Waals surface area contributed by atoms with E-state index in [4.69, 9.17) is 9.47 Å². The van der Waals surface area contributed by atoms with Gasteiger partial charge in [0, 0.05) is 36.7 Å². The Morgan fingerprint density at radius 1 is 1.00 bits per heavy atom. The summed E-state index contributed by atoms with van der Waals surface area (Å²) in [6, 6.07) is 0. The fourth-order valence-electron chi connectivity index (χ4n) is 8.47. The van der Waals surface area contributed by atoms with E-state index in [1.165, 1.54) is 14.0 Å². The maximum Gasteiger partial charge on any atom is 0.303 e. The summed E-state index contributed by atoms with van der Waals surface area (Å²) in [7, 11) is 1.43. The molecule has 4 aliphatic carbocycles. The van der Waals surface area contributed by atoms with Crippen molar-refractivity contribution in [2.24, 2.45) is 28.6 Å². The molecule has 0 aromatic rings. The van der Waals surface area contributed by atoms with Crippen molar-refractivity contribution in [2.45, 2.75) is 102 Å². The third kappa shape index (κ3) is 2.66. The molecule has 11 unspecified atom stereocenters. The van der Waals surface area contributed by atoms with Gasteiger partial charge in [0.2, 0.25) is 0 Å². The van der Waals surface area contributed by atoms with Gasteiger partial charge in [-0.1, -0.05) is 13.8 Å². The Morgan fingerprint density at radius 2 is 1.61 bits per heavy atom. The smallest absolute Gasteiger partial charge is 0.303 e. The number of aliphatic hydroxyl groups excluding tert-OH is 2. The summed E-state index contributed by atoms with van der Waals surface area (Å²) < 4.78 is 11.4. The highest BCUT2D eigenvalue weighted by Gasteiger charge is 2.79. The van der Waals surface area contributed by atoms with E-state index >= 15 is 0 Å². The van der Waals surface area contributed by atoms with Crippen LogP contribution in [0.5, 0.6) is 0 Å². The van der Waals surface area contributed by atoms with Crippen LogP contribution in [0.25, 0.3) is 0 Å². The van der Waals surface area contributed by atoms with Crippen molar-refractivity contribution in [1.29, 1.82) is 0 Å². The second-order valence-electron chi connectivity index (χ2n) is 11.6. The second kappa shape index (κ2) is 6.64. The van der Waals surface area contributed by atoms with Crippen LogP contribution in [0.4, 0.5) is 0 Å². The van der Waals surface area contributed by atoms with E-state index in [0.717, 1.165) is 0 Å². The maximum absolute atomic E-state index is 12.3. The Labute approximate surface area is 183 Å². The van der Waals surface area contributed by atoms with E-state index in [1.807, 2.05) is 0 Å². The first-order valence-corrected chi connectivity index (χ1v) is 11.3. The van der Waals surface area contributed by atoms with E-state index < -0.39 is 69.9 Å². The van der Waals surface area contributed by atoms with Crippen molar-refractivity contribution < 1.29 is 39.8 Å². The molecule has 8 heteroatoms. The summed E-state index contributed by atoms with van der Waals surface area (Å²) in [5, 5.41) is 58.1. The first-order chi connectivity index (χ1) is 14.1. The molecule has 0 aromatic carbocycles. The summed E-state index contributed by atoms with van der Waals surface area (Å²) in [4.78, 5) is 12.1. The van der Waals surface area contributed by atoms with Crippen LogP contribution >= 0.6 is 0 Å². The lowest BCUT2D eigenvalue weighted by Gasteiger charge is -2.51. The van der Waals surface area contributed by atoms with Crippen LogP contribution in [-0.2, 0) is 14.3 Å².